The number of rotatable bonds is 4. The van der Waals surface area contributed by atoms with Gasteiger partial charge >= 0.3 is 0 Å². The SMILES string of the molecule is CC(C)c1cc(Br)c(NC(=O)CC#N)c([N+](=O)[O-])c1. The van der Waals surface area contributed by atoms with E-state index in [0.717, 1.165) is 5.56 Å². The zero-order valence-electron chi connectivity index (χ0n) is 10.4. The molecule has 100 valence electrons. The molecule has 0 aliphatic rings. The summed E-state index contributed by atoms with van der Waals surface area (Å²) in [6.07, 6.45) is -0.352. The second kappa shape index (κ2) is 6.29. The molecule has 1 rings (SSSR count). The van der Waals surface area contributed by atoms with Gasteiger partial charge in [0.2, 0.25) is 5.91 Å². The van der Waals surface area contributed by atoms with Crippen LogP contribution in [0.15, 0.2) is 16.6 Å². The van der Waals surface area contributed by atoms with E-state index in [-0.39, 0.29) is 23.7 Å². The Bertz CT molecular complexity index is 564. The lowest BCUT2D eigenvalue weighted by molar-refractivity contribution is -0.384. The molecule has 0 radical (unpaired) electrons. The summed E-state index contributed by atoms with van der Waals surface area (Å²) in [5.74, 6) is -0.456. The lowest BCUT2D eigenvalue weighted by Gasteiger charge is -2.11. The third kappa shape index (κ3) is 3.76. The van der Waals surface area contributed by atoms with Gasteiger partial charge in [-0.05, 0) is 33.5 Å². The van der Waals surface area contributed by atoms with Crippen molar-refractivity contribution < 1.29 is 9.72 Å². The monoisotopic (exact) mass is 325 g/mol. The molecule has 1 amide bonds. The van der Waals surface area contributed by atoms with E-state index < -0.39 is 10.8 Å². The molecule has 0 unspecified atom stereocenters. The predicted molar refractivity (Wildman–Crippen MR) is 73.7 cm³/mol. The number of benzene rings is 1. The summed E-state index contributed by atoms with van der Waals surface area (Å²) in [5, 5.41) is 21.9. The molecule has 0 bridgehead atoms. The van der Waals surface area contributed by atoms with Crippen LogP contribution in [-0.2, 0) is 4.79 Å². The Kier molecular flexibility index (Phi) is 5.01. The normalized spacial score (nSPS) is 10.1. The molecule has 0 saturated heterocycles. The van der Waals surface area contributed by atoms with Gasteiger partial charge < -0.3 is 5.32 Å². The van der Waals surface area contributed by atoms with Gasteiger partial charge in [0, 0.05) is 10.5 Å². The topological polar surface area (TPSA) is 96.0 Å². The van der Waals surface area contributed by atoms with Gasteiger partial charge in [-0.3, -0.25) is 14.9 Å². The Morgan fingerprint density at radius 3 is 2.68 bits per heavy atom. The van der Waals surface area contributed by atoms with E-state index in [0.29, 0.717) is 4.47 Å². The van der Waals surface area contributed by atoms with Gasteiger partial charge in [0.05, 0.1) is 11.0 Å². The number of halogens is 1. The lowest BCUT2D eigenvalue weighted by Crippen LogP contribution is -2.12. The van der Waals surface area contributed by atoms with Crippen molar-refractivity contribution in [1.29, 1.82) is 5.26 Å². The Balaban J connectivity index is 3.27. The third-order valence-corrected chi connectivity index (χ3v) is 3.08. The largest absolute Gasteiger partial charge is 0.319 e. The zero-order valence-corrected chi connectivity index (χ0v) is 12.0. The van der Waals surface area contributed by atoms with Crippen molar-refractivity contribution in [2.24, 2.45) is 0 Å². The van der Waals surface area contributed by atoms with E-state index in [4.69, 9.17) is 5.26 Å². The molecule has 0 fully saturated rings. The maximum absolute atomic E-state index is 11.4. The van der Waals surface area contributed by atoms with Crippen molar-refractivity contribution in [3.8, 4) is 6.07 Å². The highest BCUT2D eigenvalue weighted by molar-refractivity contribution is 9.10. The molecular formula is C12H12BrN3O3. The molecular weight excluding hydrogens is 314 g/mol. The van der Waals surface area contributed by atoms with E-state index in [1.165, 1.54) is 6.07 Å². The number of nitro benzene ring substituents is 1. The Hall–Kier alpha value is -1.94. The maximum Gasteiger partial charge on any atom is 0.294 e. The first-order valence-electron chi connectivity index (χ1n) is 5.51. The van der Waals surface area contributed by atoms with Gasteiger partial charge in [-0.25, -0.2) is 0 Å². The van der Waals surface area contributed by atoms with Gasteiger partial charge in [0.15, 0.2) is 0 Å². The molecule has 0 atom stereocenters. The first-order chi connectivity index (χ1) is 8.86. The number of nitriles is 1. The fraction of sp³-hybridized carbons (Fsp3) is 0.333. The summed E-state index contributed by atoms with van der Waals surface area (Å²) >= 11 is 3.21. The van der Waals surface area contributed by atoms with Crippen LogP contribution in [0.4, 0.5) is 11.4 Å². The maximum atomic E-state index is 11.4. The van der Waals surface area contributed by atoms with Crippen molar-refractivity contribution in [3.05, 3.63) is 32.3 Å². The Labute approximate surface area is 118 Å². The van der Waals surface area contributed by atoms with Crippen LogP contribution in [0.2, 0.25) is 0 Å². The summed E-state index contributed by atoms with van der Waals surface area (Å²) < 4.78 is 0.427. The first kappa shape index (κ1) is 15.1. The smallest absolute Gasteiger partial charge is 0.294 e. The fourth-order valence-electron chi connectivity index (χ4n) is 1.47. The number of anilines is 1. The van der Waals surface area contributed by atoms with Crippen LogP contribution in [-0.4, -0.2) is 10.8 Å². The lowest BCUT2D eigenvalue weighted by atomic mass is 10.0. The molecule has 0 heterocycles. The third-order valence-electron chi connectivity index (χ3n) is 2.46. The number of nitrogens with one attached hydrogen (secondary N) is 1. The zero-order chi connectivity index (χ0) is 14.6. The van der Waals surface area contributed by atoms with Gasteiger partial charge in [-0.2, -0.15) is 5.26 Å². The molecule has 7 heteroatoms. The average molecular weight is 326 g/mol. The molecule has 1 N–H and O–H groups in total. The van der Waals surface area contributed by atoms with Crippen molar-refractivity contribution in [3.63, 3.8) is 0 Å². The highest BCUT2D eigenvalue weighted by Crippen LogP contribution is 2.36. The van der Waals surface area contributed by atoms with E-state index in [1.807, 2.05) is 13.8 Å². The number of nitrogens with zero attached hydrogens (tertiary/aromatic N) is 2. The quantitative estimate of drug-likeness (QED) is 0.678. The molecule has 6 nitrogen and oxygen atoms in total. The number of hydrogen-bond donors (Lipinski definition) is 1. The van der Waals surface area contributed by atoms with Crippen LogP contribution in [0.25, 0.3) is 0 Å². The van der Waals surface area contributed by atoms with E-state index in [2.05, 4.69) is 21.2 Å². The van der Waals surface area contributed by atoms with Gasteiger partial charge in [0.25, 0.3) is 5.69 Å². The second-order valence-corrected chi connectivity index (χ2v) is 5.05. The summed E-state index contributed by atoms with van der Waals surface area (Å²) in [6.45, 7) is 3.83. The minimum atomic E-state index is -0.580. The van der Waals surface area contributed by atoms with Crippen molar-refractivity contribution in [1.82, 2.24) is 0 Å². The molecule has 1 aromatic rings. The summed E-state index contributed by atoms with van der Waals surface area (Å²) in [6, 6.07) is 4.84. The number of carbonyl (C=O) groups is 1. The summed E-state index contributed by atoms with van der Waals surface area (Å²) in [4.78, 5) is 21.9. The minimum Gasteiger partial charge on any atom is -0.319 e. The number of carbonyl (C=O) groups excluding carboxylic acids is 1. The van der Waals surface area contributed by atoms with Gasteiger partial charge in [-0.1, -0.05) is 13.8 Å². The van der Waals surface area contributed by atoms with Crippen LogP contribution in [0.1, 0.15) is 31.7 Å². The second-order valence-electron chi connectivity index (χ2n) is 4.19. The number of hydrogen-bond acceptors (Lipinski definition) is 4. The molecule has 0 saturated carbocycles. The van der Waals surface area contributed by atoms with Gasteiger partial charge in [0.1, 0.15) is 12.1 Å². The van der Waals surface area contributed by atoms with E-state index in [9.17, 15) is 14.9 Å². The summed E-state index contributed by atoms with van der Waals surface area (Å²) in [7, 11) is 0. The highest BCUT2D eigenvalue weighted by Gasteiger charge is 2.21. The Morgan fingerprint density at radius 2 is 2.21 bits per heavy atom. The van der Waals surface area contributed by atoms with Crippen LogP contribution in [0, 0.1) is 21.4 Å². The predicted octanol–water partition coefficient (Wildman–Crippen LogP) is 3.33. The minimum absolute atomic E-state index is 0.0784. The van der Waals surface area contributed by atoms with Crippen LogP contribution in [0.3, 0.4) is 0 Å². The van der Waals surface area contributed by atoms with Crippen molar-refractivity contribution in [2.45, 2.75) is 26.2 Å². The number of nitro groups is 1. The molecule has 1 aromatic carbocycles. The van der Waals surface area contributed by atoms with Crippen molar-refractivity contribution in [2.75, 3.05) is 5.32 Å². The molecule has 19 heavy (non-hydrogen) atoms. The van der Waals surface area contributed by atoms with E-state index >= 15 is 0 Å². The molecule has 0 aliphatic carbocycles. The molecule has 0 spiro atoms. The van der Waals surface area contributed by atoms with Crippen molar-refractivity contribution >= 4 is 33.2 Å². The van der Waals surface area contributed by atoms with Gasteiger partial charge in [-0.15, -0.1) is 0 Å². The average Bonchev–Trinajstić information content (AvgIpc) is 2.31. The Morgan fingerprint density at radius 1 is 1.58 bits per heavy atom. The fourth-order valence-corrected chi connectivity index (χ4v) is 2.04. The summed E-state index contributed by atoms with van der Waals surface area (Å²) in [5.41, 5.74) is 0.677. The standard InChI is InChI=1S/C12H12BrN3O3/c1-7(2)8-5-9(13)12(10(6-8)16(18)19)15-11(17)3-4-14/h5-7H,3H2,1-2H3,(H,15,17). The number of amides is 1. The highest BCUT2D eigenvalue weighted by atomic mass is 79.9. The van der Waals surface area contributed by atoms with Crippen LogP contribution in [0.5, 0.6) is 0 Å². The van der Waals surface area contributed by atoms with E-state index in [1.54, 1.807) is 12.1 Å². The molecule has 0 aliphatic heterocycles. The molecule has 0 aromatic heterocycles. The van der Waals surface area contributed by atoms with Crippen LogP contribution < -0.4 is 5.32 Å². The van der Waals surface area contributed by atoms with Crippen LogP contribution >= 0.6 is 15.9 Å². The first-order valence-corrected chi connectivity index (χ1v) is 6.30.